The number of rotatable bonds is 5. The monoisotopic (exact) mass is 435 g/mol. The van der Waals surface area contributed by atoms with Gasteiger partial charge in [-0.2, -0.15) is 0 Å². The second-order valence-corrected chi connectivity index (χ2v) is 15.4. The van der Waals surface area contributed by atoms with E-state index < -0.39 is 19.4 Å². The fourth-order valence-electron chi connectivity index (χ4n) is 3.69. The molecule has 0 saturated carbocycles. The first-order chi connectivity index (χ1) is 11.5. The van der Waals surface area contributed by atoms with Crippen LogP contribution < -0.4 is 0 Å². The van der Waals surface area contributed by atoms with Gasteiger partial charge < -0.3 is 0 Å². The molecule has 3 rings (SSSR count). The number of hydrogen-bond donors (Lipinski definition) is 0. The SMILES string of the molecule is CCCCC1=Cc2c(ccc(C)c2-c2ccccc2C)[CH]1[Zr]([Cl])[Cl]. The van der Waals surface area contributed by atoms with Crippen LogP contribution in [-0.2, 0) is 19.4 Å². The predicted octanol–water partition coefficient (Wildman–Crippen LogP) is 7.52. The molecule has 2 aromatic carbocycles. The van der Waals surface area contributed by atoms with Gasteiger partial charge in [-0.25, -0.2) is 0 Å². The number of halogens is 2. The first kappa shape index (κ1) is 18.4. The van der Waals surface area contributed by atoms with Crippen molar-refractivity contribution in [3.05, 3.63) is 64.2 Å². The minimum absolute atomic E-state index is 0.320. The number of benzene rings is 2. The van der Waals surface area contributed by atoms with Crippen LogP contribution in [-0.4, -0.2) is 0 Å². The molecule has 1 atom stereocenters. The van der Waals surface area contributed by atoms with E-state index in [2.05, 4.69) is 63.2 Å². The number of hydrogen-bond acceptors (Lipinski definition) is 0. The van der Waals surface area contributed by atoms with Crippen LogP contribution in [0.4, 0.5) is 0 Å². The van der Waals surface area contributed by atoms with Crippen molar-refractivity contribution in [3.63, 3.8) is 0 Å². The summed E-state index contributed by atoms with van der Waals surface area (Å²) in [6.45, 7) is 6.63. The zero-order chi connectivity index (χ0) is 17.3. The summed E-state index contributed by atoms with van der Waals surface area (Å²) in [4.78, 5) is 0. The van der Waals surface area contributed by atoms with E-state index in [-0.39, 0.29) is 0 Å². The quantitative estimate of drug-likeness (QED) is 0.454. The number of unbranched alkanes of at least 4 members (excludes halogenated alkanes) is 1. The molecular formula is C21H23Cl2Zr. The van der Waals surface area contributed by atoms with E-state index in [1.807, 2.05) is 0 Å². The first-order valence-electron chi connectivity index (χ1n) is 8.62. The molecule has 0 N–H and O–H groups in total. The molecular weight excluding hydrogens is 414 g/mol. The zero-order valence-corrected chi connectivity index (χ0v) is 18.5. The van der Waals surface area contributed by atoms with Crippen molar-refractivity contribution in [1.29, 1.82) is 0 Å². The van der Waals surface area contributed by atoms with E-state index in [1.54, 1.807) is 0 Å². The van der Waals surface area contributed by atoms with E-state index in [4.69, 9.17) is 17.0 Å². The van der Waals surface area contributed by atoms with Gasteiger partial charge in [0.2, 0.25) is 0 Å². The fourth-order valence-corrected chi connectivity index (χ4v) is 9.18. The van der Waals surface area contributed by atoms with E-state index in [1.165, 1.54) is 51.8 Å². The molecule has 0 nitrogen and oxygen atoms in total. The van der Waals surface area contributed by atoms with Crippen molar-refractivity contribution >= 4 is 23.1 Å². The summed E-state index contributed by atoms with van der Waals surface area (Å²) in [6.07, 6.45) is 5.92. The summed E-state index contributed by atoms with van der Waals surface area (Å²) in [7, 11) is 13.2. The normalized spacial score (nSPS) is 16.0. The minimum atomic E-state index is -2.42. The van der Waals surface area contributed by atoms with Crippen molar-refractivity contribution in [2.75, 3.05) is 0 Å². The van der Waals surface area contributed by atoms with Crippen LogP contribution in [0.15, 0.2) is 42.0 Å². The Morgan fingerprint density at radius 3 is 2.42 bits per heavy atom. The Morgan fingerprint density at radius 1 is 1.00 bits per heavy atom. The summed E-state index contributed by atoms with van der Waals surface area (Å²) in [6, 6.07) is 13.1. The van der Waals surface area contributed by atoms with Crippen molar-refractivity contribution in [2.24, 2.45) is 0 Å². The van der Waals surface area contributed by atoms with Gasteiger partial charge in [0.1, 0.15) is 0 Å². The molecule has 0 aliphatic heterocycles. The van der Waals surface area contributed by atoms with Crippen LogP contribution in [0, 0.1) is 13.8 Å². The van der Waals surface area contributed by atoms with Gasteiger partial charge in [-0.1, -0.05) is 0 Å². The molecule has 1 aliphatic rings. The molecule has 125 valence electrons. The molecule has 0 amide bonds. The zero-order valence-electron chi connectivity index (χ0n) is 14.5. The Balaban J connectivity index is 2.18. The Bertz CT molecular complexity index is 777. The molecule has 0 spiro atoms. The molecule has 0 saturated heterocycles. The average molecular weight is 438 g/mol. The van der Waals surface area contributed by atoms with Gasteiger partial charge >= 0.3 is 161 Å². The van der Waals surface area contributed by atoms with Gasteiger partial charge in [-0.15, -0.1) is 0 Å². The third-order valence-corrected chi connectivity index (χ3v) is 10.3. The average Bonchev–Trinajstić information content (AvgIpc) is 2.92. The van der Waals surface area contributed by atoms with Gasteiger partial charge in [-0.3, -0.25) is 0 Å². The van der Waals surface area contributed by atoms with Crippen LogP contribution in [0.25, 0.3) is 17.2 Å². The number of fused-ring (bicyclic) bond motifs is 1. The third kappa shape index (κ3) is 3.46. The molecule has 0 fully saturated rings. The van der Waals surface area contributed by atoms with Crippen molar-refractivity contribution < 1.29 is 19.4 Å². The summed E-state index contributed by atoms with van der Waals surface area (Å²) in [5, 5.41) is 0. The molecule has 3 heteroatoms. The molecule has 2 aromatic rings. The van der Waals surface area contributed by atoms with Crippen molar-refractivity contribution in [1.82, 2.24) is 0 Å². The van der Waals surface area contributed by atoms with Gasteiger partial charge in [-0.05, 0) is 0 Å². The Kier molecular flexibility index (Phi) is 6.07. The van der Waals surface area contributed by atoms with Gasteiger partial charge in [0.05, 0.1) is 0 Å². The van der Waals surface area contributed by atoms with Gasteiger partial charge in [0.15, 0.2) is 0 Å². The second kappa shape index (κ2) is 7.90. The van der Waals surface area contributed by atoms with E-state index >= 15 is 0 Å². The third-order valence-electron chi connectivity index (χ3n) is 4.95. The maximum atomic E-state index is 6.58. The molecule has 0 bridgehead atoms. The Hall–Kier alpha value is -0.357. The number of allylic oxidation sites excluding steroid dienone is 1. The van der Waals surface area contributed by atoms with E-state index in [0.29, 0.717) is 3.63 Å². The summed E-state index contributed by atoms with van der Waals surface area (Å²) in [5.41, 5.74) is 9.52. The molecule has 1 aliphatic carbocycles. The van der Waals surface area contributed by atoms with Crippen molar-refractivity contribution in [2.45, 2.75) is 43.7 Å². The topological polar surface area (TPSA) is 0 Å². The fraction of sp³-hybridized carbons (Fsp3) is 0.333. The first-order valence-corrected chi connectivity index (χ1v) is 16.4. The van der Waals surface area contributed by atoms with Crippen LogP contribution in [0.5, 0.6) is 0 Å². The maximum absolute atomic E-state index is 6.58. The summed E-state index contributed by atoms with van der Waals surface area (Å²) >= 11 is -2.42. The molecule has 1 unspecified atom stereocenters. The molecule has 24 heavy (non-hydrogen) atoms. The second-order valence-electron chi connectivity index (χ2n) is 6.62. The van der Waals surface area contributed by atoms with Crippen LogP contribution in [0.1, 0.15) is 52.1 Å². The van der Waals surface area contributed by atoms with Crippen LogP contribution in [0.3, 0.4) is 0 Å². The van der Waals surface area contributed by atoms with Crippen LogP contribution >= 0.6 is 17.0 Å². The molecule has 0 heterocycles. The van der Waals surface area contributed by atoms with Crippen molar-refractivity contribution in [3.8, 4) is 11.1 Å². The Labute approximate surface area is 160 Å². The molecule has 0 aromatic heterocycles. The number of aryl methyl sites for hydroxylation is 2. The van der Waals surface area contributed by atoms with Gasteiger partial charge in [0, 0.05) is 0 Å². The Morgan fingerprint density at radius 2 is 1.75 bits per heavy atom. The predicted molar refractivity (Wildman–Crippen MR) is 103 cm³/mol. The summed E-state index contributed by atoms with van der Waals surface area (Å²) in [5.74, 6) is 0. The van der Waals surface area contributed by atoms with E-state index in [9.17, 15) is 0 Å². The summed E-state index contributed by atoms with van der Waals surface area (Å²) < 4.78 is 0.320. The molecule has 0 radical (unpaired) electrons. The standard InChI is InChI=1S/C21H23.2ClH.Zr/c1-4-5-9-17-13-18-12-11-16(3)21(20(18)14-17)19-10-7-6-8-15(19)2;;;/h6-8,10-14H,4-5,9H2,1-3H3;2*1H;/q;;;+2/p-2. The van der Waals surface area contributed by atoms with Gasteiger partial charge in [0.25, 0.3) is 0 Å². The van der Waals surface area contributed by atoms with E-state index in [0.717, 1.165) is 6.42 Å². The van der Waals surface area contributed by atoms with Crippen LogP contribution in [0.2, 0.25) is 0 Å².